The minimum atomic E-state index is -0.318. The average molecular weight is 370 g/mol. The van der Waals surface area contributed by atoms with Gasteiger partial charge in [0, 0.05) is 36.9 Å². The van der Waals surface area contributed by atoms with Crippen LogP contribution in [0.2, 0.25) is 0 Å². The van der Waals surface area contributed by atoms with E-state index >= 15 is 0 Å². The molecule has 0 radical (unpaired) electrons. The second-order valence-electron chi connectivity index (χ2n) is 8.55. The number of piperidine rings is 1. The van der Waals surface area contributed by atoms with Gasteiger partial charge in [-0.1, -0.05) is 27.7 Å². The van der Waals surface area contributed by atoms with Crippen LogP contribution in [0.1, 0.15) is 52.7 Å². The predicted molar refractivity (Wildman–Crippen MR) is 106 cm³/mol. The van der Waals surface area contributed by atoms with Crippen molar-refractivity contribution in [3.05, 3.63) is 30.4 Å². The van der Waals surface area contributed by atoms with Crippen molar-refractivity contribution in [2.45, 2.75) is 59.9 Å². The summed E-state index contributed by atoms with van der Waals surface area (Å²) in [5, 5.41) is 4.39. The molecule has 3 heterocycles. The van der Waals surface area contributed by atoms with E-state index in [1.54, 1.807) is 6.33 Å². The van der Waals surface area contributed by atoms with E-state index in [1.165, 1.54) is 0 Å². The molecule has 1 aliphatic heterocycles. The number of aryl methyl sites for hydroxylation is 1. The van der Waals surface area contributed by atoms with Crippen molar-refractivity contribution in [1.82, 2.24) is 24.6 Å². The van der Waals surface area contributed by atoms with Crippen LogP contribution < -0.4 is 0 Å². The van der Waals surface area contributed by atoms with Crippen LogP contribution in [-0.4, -0.2) is 43.6 Å². The fraction of sp³-hybridized carbons (Fsp3) is 0.619. The topological polar surface area (TPSA) is 63.9 Å². The second kappa shape index (κ2) is 8.19. The van der Waals surface area contributed by atoms with Gasteiger partial charge in [0.25, 0.3) is 0 Å². The van der Waals surface area contributed by atoms with Gasteiger partial charge in [-0.3, -0.25) is 9.48 Å². The highest BCUT2D eigenvalue weighted by Gasteiger charge is 2.31. The lowest BCUT2D eigenvalue weighted by Gasteiger charge is -2.36. The predicted octanol–water partition coefficient (Wildman–Crippen LogP) is 3.58. The van der Waals surface area contributed by atoms with Crippen molar-refractivity contribution < 1.29 is 4.79 Å². The van der Waals surface area contributed by atoms with Crippen molar-refractivity contribution in [1.29, 1.82) is 0 Å². The number of carbonyl (C=O) groups is 1. The number of aromatic nitrogens is 4. The quantitative estimate of drug-likeness (QED) is 0.808. The highest BCUT2D eigenvalue weighted by molar-refractivity contribution is 5.81. The number of amides is 1. The fourth-order valence-corrected chi connectivity index (χ4v) is 3.78. The summed E-state index contributed by atoms with van der Waals surface area (Å²) in [6.07, 6.45) is 7.59. The molecular formula is C21H31N5O. The summed E-state index contributed by atoms with van der Waals surface area (Å²) in [5.74, 6) is 0.701. The van der Waals surface area contributed by atoms with Gasteiger partial charge in [-0.05, 0) is 43.7 Å². The zero-order chi connectivity index (χ0) is 19.4. The third kappa shape index (κ3) is 4.73. The largest absolute Gasteiger partial charge is 0.342 e. The van der Waals surface area contributed by atoms with Crippen LogP contribution >= 0.6 is 0 Å². The van der Waals surface area contributed by atoms with Crippen LogP contribution in [0.4, 0.5) is 0 Å². The third-order valence-electron chi connectivity index (χ3n) is 5.08. The lowest BCUT2D eigenvalue weighted by atomic mass is 9.89. The Bertz CT molecular complexity index is 777. The molecule has 0 bridgehead atoms. The second-order valence-corrected chi connectivity index (χ2v) is 8.55. The molecule has 0 spiro atoms. The zero-order valence-corrected chi connectivity index (χ0v) is 17.0. The molecule has 146 valence electrons. The van der Waals surface area contributed by atoms with Crippen LogP contribution in [0.5, 0.6) is 0 Å². The van der Waals surface area contributed by atoms with Crippen molar-refractivity contribution in [2.75, 3.05) is 13.1 Å². The van der Waals surface area contributed by atoms with E-state index in [4.69, 9.17) is 0 Å². The highest BCUT2D eigenvalue weighted by atomic mass is 16.2. The molecule has 0 aliphatic carbocycles. The lowest BCUT2D eigenvalue weighted by molar-refractivity contribution is -0.141. The Hall–Kier alpha value is -2.24. The summed E-state index contributed by atoms with van der Waals surface area (Å²) in [5.41, 5.74) is 2.68. The Kier molecular flexibility index (Phi) is 5.92. The summed E-state index contributed by atoms with van der Waals surface area (Å²) < 4.78 is 2.00. The van der Waals surface area contributed by atoms with Gasteiger partial charge < -0.3 is 4.90 Å². The fourth-order valence-electron chi connectivity index (χ4n) is 3.78. The molecule has 0 saturated carbocycles. The Balaban J connectivity index is 1.71. The van der Waals surface area contributed by atoms with Crippen LogP contribution in [0.15, 0.2) is 24.7 Å². The summed E-state index contributed by atoms with van der Waals surface area (Å²) in [6.45, 7) is 10.7. The Morgan fingerprint density at radius 1 is 1.30 bits per heavy atom. The van der Waals surface area contributed by atoms with Gasteiger partial charge in [-0.15, -0.1) is 0 Å². The normalized spacial score (nSPS) is 17.9. The lowest BCUT2D eigenvalue weighted by Crippen LogP contribution is -2.45. The molecule has 3 rings (SSSR count). The molecule has 0 aromatic carbocycles. The number of hydrogen-bond acceptors (Lipinski definition) is 4. The summed E-state index contributed by atoms with van der Waals surface area (Å²) in [4.78, 5) is 23.6. The summed E-state index contributed by atoms with van der Waals surface area (Å²) in [6, 6.07) is 4.08. The summed E-state index contributed by atoms with van der Waals surface area (Å²) >= 11 is 0. The van der Waals surface area contributed by atoms with Crippen molar-refractivity contribution in [2.24, 2.45) is 11.3 Å². The first-order valence-electron chi connectivity index (χ1n) is 10.0. The highest BCUT2D eigenvalue weighted by Crippen LogP contribution is 2.26. The van der Waals surface area contributed by atoms with Gasteiger partial charge in [0.05, 0.1) is 11.4 Å². The van der Waals surface area contributed by atoms with Crippen molar-refractivity contribution in [3.8, 4) is 11.4 Å². The molecule has 6 nitrogen and oxygen atoms in total. The first kappa shape index (κ1) is 19.5. The third-order valence-corrected chi connectivity index (χ3v) is 5.08. The number of rotatable bonds is 5. The smallest absolute Gasteiger partial charge is 0.227 e. The molecular weight excluding hydrogens is 338 g/mol. The minimum Gasteiger partial charge on any atom is -0.342 e. The number of carbonyl (C=O) groups excluding carboxylic acids is 1. The molecule has 27 heavy (non-hydrogen) atoms. The first-order valence-corrected chi connectivity index (χ1v) is 10.0. The van der Waals surface area contributed by atoms with E-state index in [0.717, 1.165) is 62.4 Å². The maximum atomic E-state index is 12.6. The first-order chi connectivity index (χ1) is 12.9. The molecule has 1 aliphatic rings. The van der Waals surface area contributed by atoms with Gasteiger partial charge >= 0.3 is 0 Å². The maximum absolute atomic E-state index is 12.6. The van der Waals surface area contributed by atoms with E-state index in [2.05, 4.69) is 28.1 Å². The van der Waals surface area contributed by atoms with E-state index < -0.39 is 0 Å². The molecule has 2 aromatic heterocycles. The van der Waals surface area contributed by atoms with E-state index in [-0.39, 0.29) is 11.3 Å². The van der Waals surface area contributed by atoms with Gasteiger partial charge in [0.15, 0.2) is 0 Å². The van der Waals surface area contributed by atoms with Crippen LogP contribution in [0.3, 0.4) is 0 Å². The van der Waals surface area contributed by atoms with Crippen molar-refractivity contribution >= 4 is 5.91 Å². The molecule has 2 aromatic rings. The van der Waals surface area contributed by atoms with Gasteiger partial charge in [-0.25, -0.2) is 9.97 Å². The van der Waals surface area contributed by atoms with E-state index in [9.17, 15) is 4.79 Å². The SMILES string of the molecule is CCCn1nccc1-c1cc(CC2CCCN(C(=O)C(C)(C)C)C2)ncn1. The molecule has 1 amide bonds. The standard InChI is InChI=1S/C21H31N5O/c1-5-10-26-19(8-9-24-26)18-13-17(22-15-23-18)12-16-7-6-11-25(14-16)20(27)21(2,3)4/h8-9,13,15-16H,5-7,10-12,14H2,1-4H3. The number of nitrogens with zero attached hydrogens (tertiary/aromatic N) is 5. The molecule has 1 atom stereocenters. The number of likely N-dealkylation sites (tertiary alicyclic amines) is 1. The molecule has 1 saturated heterocycles. The van der Waals surface area contributed by atoms with Gasteiger partial charge in [0.1, 0.15) is 6.33 Å². The van der Waals surface area contributed by atoms with Crippen molar-refractivity contribution in [3.63, 3.8) is 0 Å². The molecule has 0 N–H and O–H groups in total. The van der Waals surface area contributed by atoms with E-state index in [0.29, 0.717) is 5.92 Å². The Labute approximate surface area is 162 Å². The minimum absolute atomic E-state index is 0.249. The Morgan fingerprint density at radius 3 is 2.85 bits per heavy atom. The summed E-state index contributed by atoms with van der Waals surface area (Å²) in [7, 11) is 0. The average Bonchev–Trinajstić information content (AvgIpc) is 3.09. The maximum Gasteiger partial charge on any atom is 0.227 e. The number of hydrogen-bond donors (Lipinski definition) is 0. The molecule has 1 fully saturated rings. The van der Waals surface area contributed by atoms with Gasteiger partial charge in [-0.2, -0.15) is 5.10 Å². The van der Waals surface area contributed by atoms with Gasteiger partial charge in [0.2, 0.25) is 5.91 Å². The Morgan fingerprint density at radius 2 is 2.11 bits per heavy atom. The molecule has 1 unspecified atom stereocenters. The van der Waals surface area contributed by atoms with E-state index in [1.807, 2.05) is 42.6 Å². The van der Waals surface area contributed by atoms with Crippen LogP contribution in [-0.2, 0) is 17.8 Å². The van der Waals surface area contributed by atoms with Crippen LogP contribution in [0, 0.1) is 11.3 Å². The molecule has 6 heteroatoms. The van der Waals surface area contributed by atoms with Crippen LogP contribution in [0.25, 0.3) is 11.4 Å². The zero-order valence-electron chi connectivity index (χ0n) is 17.0. The monoisotopic (exact) mass is 369 g/mol.